The maximum Gasteiger partial charge on any atom is 0.165 e. The standard InChI is InChI=1S/C14H8FNO2/c15-12-3-1-2-4-14(12)18-13-6-5-10(8-16)7-11(13)9-17/h1-7,9H. The van der Waals surface area contributed by atoms with Gasteiger partial charge in [-0.15, -0.1) is 0 Å². The van der Waals surface area contributed by atoms with Crippen molar-refractivity contribution in [2.75, 3.05) is 0 Å². The number of ether oxygens (including phenoxy) is 1. The van der Waals surface area contributed by atoms with Crippen molar-refractivity contribution in [1.82, 2.24) is 0 Å². The van der Waals surface area contributed by atoms with E-state index in [9.17, 15) is 9.18 Å². The van der Waals surface area contributed by atoms with Crippen molar-refractivity contribution in [3.05, 3.63) is 59.4 Å². The van der Waals surface area contributed by atoms with Crippen LogP contribution >= 0.6 is 0 Å². The molecular weight excluding hydrogens is 233 g/mol. The van der Waals surface area contributed by atoms with Crippen LogP contribution in [0.2, 0.25) is 0 Å². The third-order valence-electron chi connectivity index (χ3n) is 2.32. The van der Waals surface area contributed by atoms with Gasteiger partial charge in [-0.05, 0) is 30.3 Å². The number of hydrogen-bond donors (Lipinski definition) is 0. The molecule has 0 aliphatic heterocycles. The summed E-state index contributed by atoms with van der Waals surface area (Å²) in [6, 6.07) is 12.2. The molecule has 0 unspecified atom stereocenters. The van der Waals surface area contributed by atoms with Gasteiger partial charge in [0.25, 0.3) is 0 Å². The van der Waals surface area contributed by atoms with E-state index in [1.165, 1.54) is 30.3 Å². The van der Waals surface area contributed by atoms with Gasteiger partial charge in [-0.3, -0.25) is 4.79 Å². The fraction of sp³-hybridized carbons (Fsp3) is 0. The zero-order valence-electron chi connectivity index (χ0n) is 9.26. The van der Waals surface area contributed by atoms with Crippen LogP contribution < -0.4 is 4.74 Å². The van der Waals surface area contributed by atoms with Gasteiger partial charge in [-0.1, -0.05) is 12.1 Å². The molecule has 0 saturated heterocycles. The monoisotopic (exact) mass is 241 g/mol. The van der Waals surface area contributed by atoms with Crippen LogP contribution in [0.1, 0.15) is 15.9 Å². The van der Waals surface area contributed by atoms with Gasteiger partial charge in [0.1, 0.15) is 5.75 Å². The van der Waals surface area contributed by atoms with Crippen molar-refractivity contribution >= 4 is 6.29 Å². The topological polar surface area (TPSA) is 50.1 Å². The van der Waals surface area contributed by atoms with Gasteiger partial charge in [-0.25, -0.2) is 4.39 Å². The SMILES string of the molecule is N#Cc1ccc(Oc2ccccc2F)c(C=O)c1. The molecule has 0 aliphatic rings. The van der Waals surface area contributed by atoms with E-state index in [1.807, 2.05) is 6.07 Å². The van der Waals surface area contributed by atoms with Crippen molar-refractivity contribution < 1.29 is 13.9 Å². The van der Waals surface area contributed by atoms with Gasteiger partial charge < -0.3 is 4.74 Å². The smallest absolute Gasteiger partial charge is 0.165 e. The van der Waals surface area contributed by atoms with Crippen LogP contribution in [0.25, 0.3) is 0 Å². The van der Waals surface area contributed by atoms with E-state index < -0.39 is 5.82 Å². The summed E-state index contributed by atoms with van der Waals surface area (Å²) in [5.74, 6) is -0.266. The summed E-state index contributed by atoms with van der Waals surface area (Å²) in [5, 5.41) is 8.72. The highest BCUT2D eigenvalue weighted by molar-refractivity contribution is 5.80. The molecule has 0 aromatic heterocycles. The zero-order chi connectivity index (χ0) is 13.0. The summed E-state index contributed by atoms with van der Waals surface area (Å²) >= 11 is 0. The van der Waals surface area contributed by atoms with E-state index in [0.717, 1.165) is 0 Å². The van der Waals surface area contributed by atoms with Crippen molar-refractivity contribution in [2.24, 2.45) is 0 Å². The summed E-state index contributed by atoms with van der Waals surface area (Å²) in [6.45, 7) is 0. The molecule has 0 heterocycles. The lowest BCUT2D eigenvalue weighted by atomic mass is 10.1. The van der Waals surface area contributed by atoms with E-state index in [2.05, 4.69) is 0 Å². The Kier molecular flexibility index (Phi) is 3.35. The van der Waals surface area contributed by atoms with Crippen LogP contribution in [0.3, 0.4) is 0 Å². The lowest BCUT2D eigenvalue weighted by Gasteiger charge is -2.08. The first-order valence-electron chi connectivity index (χ1n) is 5.16. The molecule has 0 fully saturated rings. The second-order valence-corrected chi connectivity index (χ2v) is 3.51. The van der Waals surface area contributed by atoms with Gasteiger partial charge in [0.05, 0.1) is 17.2 Å². The maximum atomic E-state index is 13.4. The molecule has 2 aromatic carbocycles. The molecule has 18 heavy (non-hydrogen) atoms. The van der Waals surface area contributed by atoms with Gasteiger partial charge in [0.15, 0.2) is 17.9 Å². The quantitative estimate of drug-likeness (QED) is 0.774. The largest absolute Gasteiger partial charge is 0.454 e. The van der Waals surface area contributed by atoms with Gasteiger partial charge >= 0.3 is 0 Å². The van der Waals surface area contributed by atoms with Crippen LogP contribution in [0.15, 0.2) is 42.5 Å². The van der Waals surface area contributed by atoms with Crippen LogP contribution in [0.5, 0.6) is 11.5 Å². The number of carbonyl (C=O) groups is 1. The first kappa shape index (κ1) is 11.8. The molecule has 0 amide bonds. The summed E-state index contributed by atoms with van der Waals surface area (Å²) < 4.78 is 18.7. The molecule has 2 rings (SSSR count). The molecule has 0 aliphatic carbocycles. The molecule has 0 N–H and O–H groups in total. The van der Waals surface area contributed by atoms with E-state index in [0.29, 0.717) is 11.8 Å². The Hall–Kier alpha value is -2.67. The number of nitrogens with zero attached hydrogens (tertiary/aromatic N) is 1. The third-order valence-corrected chi connectivity index (χ3v) is 2.32. The van der Waals surface area contributed by atoms with Crippen LogP contribution in [-0.2, 0) is 0 Å². The van der Waals surface area contributed by atoms with Gasteiger partial charge in [0, 0.05) is 0 Å². The summed E-state index contributed by atoms with van der Waals surface area (Å²) in [6.07, 6.45) is 0.566. The molecule has 0 spiro atoms. The first-order valence-corrected chi connectivity index (χ1v) is 5.16. The highest BCUT2D eigenvalue weighted by Crippen LogP contribution is 2.27. The fourth-order valence-electron chi connectivity index (χ4n) is 1.45. The maximum absolute atomic E-state index is 13.4. The minimum Gasteiger partial charge on any atom is -0.454 e. The Labute approximate surface area is 103 Å². The lowest BCUT2D eigenvalue weighted by molar-refractivity contribution is 0.112. The van der Waals surface area contributed by atoms with Crippen molar-refractivity contribution in [1.29, 1.82) is 5.26 Å². The molecule has 3 nitrogen and oxygen atoms in total. The zero-order valence-corrected chi connectivity index (χ0v) is 9.26. The summed E-state index contributed by atoms with van der Waals surface area (Å²) in [7, 11) is 0. The number of hydrogen-bond acceptors (Lipinski definition) is 3. The Morgan fingerprint density at radius 3 is 2.61 bits per heavy atom. The normalized spacial score (nSPS) is 9.56. The molecule has 2 aromatic rings. The van der Waals surface area contributed by atoms with E-state index in [-0.39, 0.29) is 17.1 Å². The highest BCUT2D eigenvalue weighted by Gasteiger charge is 2.08. The average Bonchev–Trinajstić information content (AvgIpc) is 2.41. The highest BCUT2D eigenvalue weighted by atomic mass is 19.1. The van der Waals surface area contributed by atoms with Crippen molar-refractivity contribution in [2.45, 2.75) is 0 Å². The Morgan fingerprint density at radius 2 is 1.94 bits per heavy atom. The second-order valence-electron chi connectivity index (χ2n) is 3.51. The summed E-state index contributed by atoms with van der Waals surface area (Å²) in [5.41, 5.74) is 0.551. The van der Waals surface area contributed by atoms with Crippen LogP contribution in [0.4, 0.5) is 4.39 Å². The lowest BCUT2D eigenvalue weighted by Crippen LogP contribution is -1.93. The molecule has 0 atom stereocenters. The average molecular weight is 241 g/mol. The minimum atomic E-state index is -0.515. The Morgan fingerprint density at radius 1 is 1.17 bits per heavy atom. The fourth-order valence-corrected chi connectivity index (χ4v) is 1.45. The predicted molar refractivity (Wildman–Crippen MR) is 63.0 cm³/mol. The van der Waals surface area contributed by atoms with Crippen molar-refractivity contribution in [3.63, 3.8) is 0 Å². The van der Waals surface area contributed by atoms with E-state index >= 15 is 0 Å². The van der Waals surface area contributed by atoms with Crippen LogP contribution in [-0.4, -0.2) is 6.29 Å². The number of carbonyl (C=O) groups excluding carboxylic acids is 1. The molecule has 0 saturated carbocycles. The number of nitriles is 1. The number of halogens is 1. The van der Waals surface area contributed by atoms with Gasteiger partial charge in [0.2, 0.25) is 0 Å². The Bertz CT molecular complexity index is 632. The predicted octanol–water partition coefficient (Wildman–Crippen LogP) is 3.30. The molecular formula is C14H8FNO2. The second kappa shape index (κ2) is 5.11. The van der Waals surface area contributed by atoms with Crippen LogP contribution in [0, 0.1) is 17.1 Å². The molecule has 4 heteroatoms. The van der Waals surface area contributed by atoms with E-state index in [4.69, 9.17) is 10.00 Å². The minimum absolute atomic E-state index is 0.0327. The Balaban J connectivity index is 2.38. The first-order chi connectivity index (χ1) is 8.74. The van der Waals surface area contributed by atoms with E-state index in [1.54, 1.807) is 12.1 Å². The third kappa shape index (κ3) is 2.36. The number of benzene rings is 2. The number of para-hydroxylation sites is 1. The van der Waals surface area contributed by atoms with Crippen molar-refractivity contribution in [3.8, 4) is 17.6 Å². The molecule has 88 valence electrons. The number of aldehydes is 1. The summed E-state index contributed by atoms with van der Waals surface area (Å²) in [4.78, 5) is 10.9. The van der Waals surface area contributed by atoms with Gasteiger partial charge in [-0.2, -0.15) is 5.26 Å². The molecule has 0 radical (unpaired) electrons. The number of rotatable bonds is 3. The molecule has 0 bridgehead atoms.